The minimum Gasteiger partial charge on any atom is -0.374 e. The number of amides is 3. The van der Waals surface area contributed by atoms with E-state index in [9.17, 15) is 9.59 Å². The Kier molecular flexibility index (Phi) is 5.15. The summed E-state index contributed by atoms with van der Waals surface area (Å²) in [5, 5.41) is 7.57. The summed E-state index contributed by atoms with van der Waals surface area (Å²) in [5.74, 6) is -0.380. The highest BCUT2D eigenvalue weighted by molar-refractivity contribution is 9.10. The molecular formula is C12H16BrN3O2. The first-order chi connectivity index (χ1) is 8.43. The molecule has 1 aromatic rings. The number of aryl methyl sites for hydroxylation is 1. The highest BCUT2D eigenvalue weighted by Crippen LogP contribution is 2.20. The number of halogens is 1. The van der Waals surface area contributed by atoms with Crippen LogP contribution in [0.5, 0.6) is 0 Å². The summed E-state index contributed by atoms with van der Waals surface area (Å²) < 4.78 is 1.01. The summed E-state index contributed by atoms with van der Waals surface area (Å²) in [5.41, 5.74) is 1.90. The largest absolute Gasteiger partial charge is 0.374 e. The molecule has 0 heterocycles. The summed E-state index contributed by atoms with van der Waals surface area (Å²) in [4.78, 5) is 22.6. The average molecular weight is 314 g/mol. The molecule has 0 bridgehead atoms. The molecular weight excluding hydrogens is 298 g/mol. The summed E-state index contributed by atoms with van der Waals surface area (Å²) in [6, 6.07) is 4.68. The van der Waals surface area contributed by atoms with Crippen molar-refractivity contribution in [2.24, 2.45) is 0 Å². The lowest BCUT2D eigenvalue weighted by Gasteiger charge is -2.15. The molecule has 0 spiro atoms. The van der Waals surface area contributed by atoms with E-state index >= 15 is 0 Å². The third-order valence-corrected chi connectivity index (χ3v) is 3.29. The van der Waals surface area contributed by atoms with Crippen LogP contribution in [-0.4, -0.2) is 25.0 Å². The van der Waals surface area contributed by atoms with Crippen molar-refractivity contribution in [3.05, 3.63) is 28.2 Å². The molecule has 1 rings (SSSR count). The SMILES string of the molecule is CNC(=O)NC(=O)[C@H](C)Nc1ccc(Br)c(C)c1. The van der Waals surface area contributed by atoms with Gasteiger partial charge in [0.2, 0.25) is 5.91 Å². The molecule has 98 valence electrons. The van der Waals surface area contributed by atoms with E-state index in [0.29, 0.717) is 0 Å². The number of hydrogen-bond acceptors (Lipinski definition) is 3. The first kappa shape index (κ1) is 14.5. The number of carbonyl (C=O) groups is 2. The second-order valence-corrected chi connectivity index (χ2v) is 4.75. The number of imide groups is 1. The Morgan fingerprint density at radius 2 is 2.00 bits per heavy atom. The fraction of sp³-hybridized carbons (Fsp3) is 0.333. The van der Waals surface area contributed by atoms with Crippen molar-refractivity contribution in [2.45, 2.75) is 19.9 Å². The maximum absolute atomic E-state index is 11.6. The fourth-order valence-corrected chi connectivity index (χ4v) is 1.58. The van der Waals surface area contributed by atoms with E-state index in [1.807, 2.05) is 25.1 Å². The van der Waals surface area contributed by atoms with Crippen LogP contribution < -0.4 is 16.0 Å². The number of hydrogen-bond donors (Lipinski definition) is 3. The Hall–Kier alpha value is -1.56. The lowest BCUT2D eigenvalue weighted by Crippen LogP contribution is -2.44. The lowest BCUT2D eigenvalue weighted by molar-refractivity contribution is -0.120. The van der Waals surface area contributed by atoms with Crippen molar-refractivity contribution < 1.29 is 9.59 Å². The van der Waals surface area contributed by atoms with Gasteiger partial charge in [-0.25, -0.2) is 4.79 Å². The topological polar surface area (TPSA) is 70.2 Å². The van der Waals surface area contributed by atoms with Crippen LogP contribution in [0.2, 0.25) is 0 Å². The zero-order valence-electron chi connectivity index (χ0n) is 10.5. The van der Waals surface area contributed by atoms with Gasteiger partial charge in [-0.2, -0.15) is 0 Å². The molecule has 5 nitrogen and oxygen atoms in total. The van der Waals surface area contributed by atoms with E-state index in [1.54, 1.807) is 6.92 Å². The Balaban J connectivity index is 2.63. The molecule has 1 atom stereocenters. The van der Waals surface area contributed by atoms with Gasteiger partial charge in [-0.3, -0.25) is 10.1 Å². The highest BCUT2D eigenvalue weighted by Gasteiger charge is 2.14. The first-order valence-corrected chi connectivity index (χ1v) is 6.28. The van der Waals surface area contributed by atoms with Crippen molar-refractivity contribution in [1.29, 1.82) is 0 Å². The van der Waals surface area contributed by atoms with E-state index in [-0.39, 0.29) is 5.91 Å². The standard InChI is InChI=1S/C12H16BrN3O2/c1-7-6-9(4-5-10(7)13)15-8(2)11(17)16-12(18)14-3/h4-6,8,15H,1-3H3,(H2,14,16,17,18)/t8-/m0/s1. The van der Waals surface area contributed by atoms with Gasteiger partial charge in [0.25, 0.3) is 0 Å². The number of nitrogens with one attached hydrogen (secondary N) is 3. The Bertz CT molecular complexity index is 463. The molecule has 1 aromatic carbocycles. The minimum absolute atomic E-state index is 0.380. The Morgan fingerprint density at radius 1 is 1.33 bits per heavy atom. The molecule has 3 N–H and O–H groups in total. The second-order valence-electron chi connectivity index (χ2n) is 3.90. The monoisotopic (exact) mass is 313 g/mol. The summed E-state index contributed by atoms with van der Waals surface area (Å²) >= 11 is 3.41. The predicted octanol–water partition coefficient (Wildman–Crippen LogP) is 2.01. The molecule has 3 amide bonds. The molecule has 0 aliphatic heterocycles. The second kappa shape index (κ2) is 6.39. The van der Waals surface area contributed by atoms with Crippen LogP contribution in [0.15, 0.2) is 22.7 Å². The summed E-state index contributed by atoms with van der Waals surface area (Å²) in [6.07, 6.45) is 0. The third kappa shape index (κ3) is 4.03. The minimum atomic E-state index is -0.513. The van der Waals surface area contributed by atoms with Crippen molar-refractivity contribution >= 4 is 33.6 Å². The van der Waals surface area contributed by atoms with Crippen molar-refractivity contribution in [2.75, 3.05) is 12.4 Å². The maximum atomic E-state index is 11.6. The van der Waals surface area contributed by atoms with Gasteiger partial charge in [-0.05, 0) is 37.6 Å². The number of anilines is 1. The van der Waals surface area contributed by atoms with Crippen LogP contribution in [0.1, 0.15) is 12.5 Å². The molecule has 0 radical (unpaired) electrons. The van der Waals surface area contributed by atoms with Crippen molar-refractivity contribution in [1.82, 2.24) is 10.6 Å². The highest BCUT2D eigenvalue weighted by atomic mass is 79.9. The van der Waals surface area contributed by atoms with E-state index in [0.717, 1.165) is 15.7 Å². The molecule has 0 aromatic heterocycles. The normalized spacial score (nSPS) is 11.6. The van der Waals surface area contributed by atoms with Crippen molar-refractivity contribution in [3.63, 3.8) is 0 Å². The van der Waals surface area contributed by atoms with Gasteiger partial charge in [0.1, 0.15) is 6.04 Å². The molecule has 0 saturated carbocycles. The lowest BCUT2D eigenvalue weighted by atomic mass is 10.2. The molecule has 0 saturated heterocycles. The molecule has 18 heavy (non-hydrogen) atoms. The molecule has 0 aliphatic carbocycles. The molecule has 0 aliphatic rings. The zero-order valence-corrected chi connectivity index (χ0v) is 12.1. The predicted molar refractivity (Wildman–Crippen MR) is 74.6 cm³/mol. The van der Waals surface area contributed by atoms with Crippen LogP contribution >= 0.6 is 15.9 Å². The van der Waals surface area contributed by atoms with E-state index < -0.39 is 12.1 Å². The molecule has 0 unspecified atom stereocenters. The Morgan fingerprint density at radius 3 is 2.56 bits per heavy atom. The molecule has 6 heteroatoms. The van der Waals surface area contributed by atoms with E-state index in [4.69, 9.17) is 0 Å². The number of benzene rings is 1. The van der Waals surface area contributed by atoms with Crippen LogP contribution in [0, 0.1) is 6.92 Å². The van der Waals surface area contributed by atoms with Crippen molar-refractivity contribution in [3.8, 4) is 0 Å². The van der Waals surface area contributed by atoms with Crippen LogP contribution in [0.4, 0.5) is 10.5 Å². The van der Waals surface area contributed by atoms with Gasteiger partial charge in [0, 0.05) is 17.2 Å². The number of urea groups is 1. The first-order valence-electron chi connectivity index (χ1n) is 5.49. The van der Waals surface area contributed by atoms with Crippen LogP contribution in [0.25, 0.3) is 0 Å². The Labute approximate surface area is 114 Å². The molecule has 0 fully saturated rings. The van der Waals surface area contributed by atoms with Gasteiger partial charge < -0.3 is 10.6 Å². The summed E-state index contributed by atoms with van der Waals surface area (Å²) in [7, 11) is 1.46. The zero-order chi connectivity index (χ0) is 13.7. The van der Waals surface area contributed by atoms with Gasteiger partial charge in [-0.15, -0.1) is 0 Å². The van der Waals surface area contributed by atoms with Crippen LogP contribution in [-0.2, 0) is 4.79 Å². The van der Waals surface area contributed by atoms with Gasteiger partial charge in [0.15, 0.2) is 0 Å². The van der Waals surface area contributed by atoms with E-state index in [2.05, 4.69) is 31.9 Å². The van der Waals surface area contributed by atoms with Gasteiger partial charge in [0.05, 0.1) is 0 Å². The average Bonchev–Trinajstić information content (AvgIpc) is 2.33. The smallest absolute Gasteiger partial charge is 0.321 e. The quantitative estimate of drug-likeness (QED) is 0.799. The van der Waals surface area contributed by atoms with E-state index in [1.165, 1.54) is 7.05 Å². The third-order valence-electron chi connectivity index (χ3n) is 2.40. The van der Waals surface area contributed by atoms with Gasteiger partial charge in [-0.1, -0.05) is 15.9 Å². The number of carbonyl (C=O) groups excluding carboxylic acids is 2. The summed E-state index contributed by atoms with van der Waals surface area (Å²) in [6.45, 7) is 3.65. The number of rotatable bonds is 3. The maximum Gasteiger partial charge on any atom is 0.321 e. The fourth-order valence-electron chi connectivity index (χ4n) is 1.33. The van der Waals surface area contributed by atoms with Gasteiger partial charge >= 0.3 is 6.03 Å². The van der Waals surface area contributed by atoms with Crippen LogP contribution in [0.3, 0.4) is 0 Å².